The number of aldehydes is 1. The Morgan fingerprint density at radius 3 is 2.38 bits per heavy atom. The lowest BCUT2D eigenvalue weighted by Gasteiger charge is -2.22. The van der Waals surface area contributed by atoms with Crippen LogP contribution in [-0.4, -0.2) is 74.5 Å². The van der Waals surface area contributed by atoms with Crippen LogP contribution in [0.4, 0.5) is 5.69 Å². The minimum Gasteiger partial charge on any atom is -0.371 e. The van der Waals surface area contributed by atoms with Crippen LogP contribution in [0.25, 0.3) is 23.3 Å². The Morgan fingerprint density at radius 1 is 1.05 bits per heavy atom. The van der Waals surface area contributed by atoms with Gasteiger partial charge in [-0.2, -0.15) is 0 Å². The number of anilines is 1. The number of carbonyl (C=O) groups is 3. The summed E-state index contributed by atoms with van der Waals surface area (Å²) in [6, 6.07) is 11.7. The van der Waals surface area contributed by atoms with Gasteiger partial charge in [0.15, 0.2) is 6.29 Å². The molecule has 1 aliphatic heterocycles. The molecular weight excluding hydrogens is 490 g/mol. The first-order chi connectivity index (χ1) is 18.8. The van der Waals surface area contributed by atoms with Crippen LogP contribution in [0, 0.1) is 0 Å². The monoisotopic (exact) mass is 529 g/mol. The molecule has 0 radical (unpaired) electrons. The SMILES string of the molecule is CCCN(CCC)C(=O)C1=Cc2ccc(-c3ccc(C=O)c(/C=C\N(C)CC(=O)NC)c3)cc2NC(=NC)C1. The molecule has 0 aliphatic carbocycles. The number of nitrogens with one attached hydrogen (secondary N) is 2. The van der Waals surface area contributed by atoms with Gasteiger partial charge in [-0.15, -0.1) is 0 Å². The smallest absolute Gasteiger partial charge is 0.250 e. The highest BCUT2D eigenvalue weighted by atomic mass is 16.2. The number of fused-ring (bicyclic) bond motifs is 1. The van der Waals surface area contributed by atoms with Gasteiger partial charge in [-0.05, 0) is 65.6 Å². The molecule has 0 saturated heterocycles. The van der Waals surface area contributed by atoms with Crippen LogP contribution in [0.2, 0.25) is 0 Å². The lowest BCUT2D eigenvalue weighted by molar-refractivity contribution is -0.127. The summed E-state index contributed by atoms with van der Waals surface area (Å²) in [5.74, 6) is 0.694. The minimum atomic E-state index is -0.0960. The molecular formula is C31H39N5O3. The van der Waals surface area contributed by atoms with E-state index in [1.165, 1.54) is 0 Å². The van der Waals surface area contributed by atoms with Crippen LogP contribution >= 0.6 is 0 Å². The molecule has 8 nitrogen and oxygen atoms in total. The number of benzene rings is 2. The van der Waals surface area contributed by atoms with Crippen LogP contribution in [0.15, 0.2) is 53.2 Å². The molecule has 1 aliphatic rings. The predicted molar refractivity (Wildman–Crippen MR) is 160 cm³/mol. The first-order valence-corrected chi connectivity index (χ1v) is 13.4. The van der Waals surface area contributed by atoms with Crippen molar-refractivity contribution in [3.63, 3.8) is 0 Å². The molecule has 0 spiro atoms. The van der Waals surface area contributed by atoms with Crippen molar-refractivity contribution in [2.75, 3.05) is 46.1 Å². The van der Waals surface area contributed by atoms with Crippen LogP contribution in [0.3, 0.4) is 0 Å². The zero-order valence-electron chi connectivity index (χ0n) is 23.6. The number of amidine groups is 1. The van der Waals surface area contributed by atoms with E-state index >= 15 is 0 Å². The summed E-state index contributed by atoms with van der Waals surface area (Å²) in [5, 5.41) is 6.02. The zero-order chi connectivity index (χ0) is 28.4. The van der Waals surface area contributed by atoms with Gasteiger partial charge >= 0.3 is 0 Å². The Hall–Kier alpha value is -4.20. The summed E-state index contributed by atoms with van der Waals surface area (Å²) in [5.41, 5.74) is 5.74. The molecule has 2 amide bonds. The second kappa shape index (κ2) is 14.1. The Kier molecular flexibility index (Phi) is 10.6. The number of amides is 2. The van der Waals surface area contributed by atoms with Gasteiger partial charge in [-0.25, -0.2) is 0 Å². The molecule has 0 saturated carbocycles. The van der Waals surface area contributed by atoms with Crippen molar-refractivity contribution in [3.05, 3.63) is 64.9 Å². The van der Waals surface area contributed by atoms with Gasteiger partial charge in [0.25, 0.3) is 0 Å². The Morgan fingerprint density at radius 2 is 1.74 bits per heavy atom. The van der Waals surface area contributed by atoms with E-state index in [4.69, 9.17) is 0 Å². The van der Waals surface area contributed by atoms with Crippen molar-refractivity contribution in [1.82, 2.24) is 15.1 Å². The van der Waals surface area contributed by atoms with Gasteiger partial charge in [-0.3, -0.25) is 19.4 Å². The summed E-state index contributed by atoms with van der Waals surface area (Å²) in [4.78, 5) is 44.8. The molecule has 8 heteroatoms. The van der Waals surface area contributed by atoms with E-state index in [1.54, 1.807) is 38.3 Å². The van der Waals surface area contributed by atoms with Gasteiger partial charge in [0.1, 0.15) is 5.84 Å². The highest BCUT2D eigenvalue weighted by Crippen LogP contribution is 2.31. The average Bonchev–Trinajstić information content (AvgIpc) is 3.14. The third kappa shape index (κ3) is 7.66. The largest absolute Gasteiger partial charge is 0.371 e. The maximum absolute atomic E-state index is 13.4. The van der Waals surface area contributed by atoms with E-state index in [9.17, 15) is 14.4 Å². The van der Waals surface area contributed by atoms with Crippen molar-refractivity contribution in [1.29, 1.82) is 0 Å². The number of rotatable bonds is 11. The number of hydrogen-bond acceptors (Lipinski definition) is 5. The van der Waals surface area contributed by atoms with E-state index < -0.39 is 0 Å². The molecule has 0 fully saturated rings. The number of nitrogens with zero attached hydrogens (tertiary/aromatic N) is 3. The number of hydrogen-bond donors (Lipinski definition) is 2. The summed E-state index contributed by atoms with van der Waals surface area (Å²) < 4.78 is 0. The maximum Gasteiger partial charge on any atom is 0.250 e. The summed E-state index contributed by atoms with van der Waals surface area (Å²) in [7, 11) is 5.13. The Balaban J connectivity index is 1.96. The van der Waals surface area contributed by atoms with Gasteiger partial charge in [0.2, 0.25) is 11.8 Å². The third-order valence-electron chi connectivity index (χ3n) is 6.57. The summed E-state index contributed by atoms with van der Waals surface area (Å²) in [6.07, 6.45) is 8.68. The molecule has 2 aromatic rings. The van der Waals surface area contributed by atoms with E-state index in [1.807, 2.05) is 47.4 Å². The molecule has 39 heavy (non-hydrogen) atoms. The van der Waals surface area contributed by atoms with Gasteiger partial charge < -0.3 is 20.4 Å². The van der Waals surface area contributed by atoms with Crippen molar-refractivity contribution >= 4 is 41.8 Å². The topological polar surface area (TPSA) is 94.1 Å². The molecule has 0 unspecified atom stereocenters. The fraction of sp³-hybridized carbons (Fsp3) is 0.355. The van der Waals surface area contributed by atoms with Crippen LogP contribution in [0.1, 0.15) is 54.6 Å². The van der Waals surface area contributed by atoms with E-state index in [0.717, 1.165) is 71.6 Å². The quantitative estimate of drug-likeness (QED) is 0.412. The van der Waals surface area contributed by atoms with Crippen molar-refractivity contribution in [2.24, 2.45) is 4.99 Å². The highest BCUT2D eigenvalue weighted by Gasteiger charge is 2.22. The van der Waals surface area contributed by atoms with Gasteiger partial charge in [-0.1, -0.05) is 38.1 Å². The predicted octanol–water partition coefficient (Wildman–Crippen LogP) is 4.69. The lowest BCUT2D eigenvalue weighted by atomic mass is 9.97. The molecule has 3 rings (SSSR count). The summed E-state index contributed by atoms with van der Waals surface area (Å²) >= 11 is 0. The van der Waals surface area contributed by atoms with E-state index in [2.05, 4.69) is 29.5 Å². The number of likely N-dealkylation sites (N-methyl/N-ethyl adjacent to an activating group) is 2. The third-order valence-corrected chi connectivity index (χ3v) is 6.57. The Labute approximate surface area is 231 Å². The number of aliphatic imine (C=N–C) groups is 1. The van der Waals surface area contributed by atoms with Crippen molar-refractivity contribution in [2.45, 2.75) is 33.1 Å². The zero-order valence-corrected chi connectivity index (χ0v) is 23.6. The van der Waals surface area contributed by atoms with Crippen molar-refractivity contribution in [3.8, 4) is 11.1 Å². The molecule has 0 atom stereocenters. The van der Waals surface area contributed by atoms with Crippen molar-refractivity contribution < 1.29 is 14.4 Å². The maximum atomic E-state index is 13.4. The highest BCUT2D eigenvalue weighted by molar-refractivity contribution is 6.10. The fourth-order valence-corrected chi connectivity index (χ4v) is 4.49. The number of carbonyl (C=O) groups excluding carboxylic acids is 3. The van der Waals surface area contributed by atoms with Gasteiger partial charge in [0.05, 0.1) is 6.54 Å². The van der Waals surface area contributed by atoms with E-state index in [-0.39, 0.29) is 18.4 Å². The first kappa shape index (κ1) is 29.4. The Bertz CT molecular complexity index is 1290. The standard InChI is InChI=1S/C31H39N5O3/c1-6-13-36(14-7-2)31(39)27-17-25-10-8-23(18-28(25)34-29(19-27)32-3)22-9-11-26(21-37)24(16-22)12-15-35(5)20-30(38)33-4/h8-12,15-18,21H,6-7,13-14,19-20H2,1-5H3,(H,32,34)(H,33,38)/b15-12-. The van der Waals surface area contributed by atoms with Crippen LogP contribution < -0.4 is 10.6 Å². The minimum absolute atomic E-state index is 0.0563. The molecule has 0 bridgehead atoms. The molecule has 206 valence electrons. The normalized spacial score (nSPS) is 13.8. The summed E-state index contributed by atoms with van der Waals surface area (Å²) in [6.45, 7) is 5.85. The fourth-order valence-electron chi connectivity index (χ4n) is 4.49. The first-order valence-electron chi connectivity index (χ1n) is 13.4. The molecule has 2 N–H and O–H groups in total. The van der Waals surface area contributed by atoms with Gasteiger partial charge in [0, 0.05) is 57.5 Å². The van der Waals surface area contributed by atoms with Crippen LogP contribution in [0.5, 0.6) is 0 Å². The molecule has 2 aromatic carbocycles. The average molecular weight is 530 g/mol. The second-order valence-corrected chi connectivity index (χ2v) is 9.60. The van der Waals surface area contributed by atoms with Crippen LogP contribution in [-0.2, 0) is 9.59 Å². The lowest BCUT2D eigenvalue weighted by Crippen LogP contribution is -2.34. The van der Waals surface area contributed by atoms with E-state index in [0.29, 0.717) is 12.0 Å². The molecule has 1 heterocycles. The second-order valence-electron chi connectivity index (χ2n) is 9.60. The molecule has 0 aromatic heterocycles.